The standard InChI is InChI=1S/C23H18Cl2N4O3S.ClH/c1-3-32-22(31)14-12-27-19-13(20(14)33-23-26-10-11-29(23)2)6-4-9-17(19)28-21(30)18-15(24)7-5-8-16(18)25;/h4-12H,3H2,1-2H3,(H,28,30);1H. The maximum absolute atomic E-state index is 12.9. The van der Waals surface area contributed by atoms with Crippen molar-refractivity contribution in [1.29, 1.82) is 0 Å². The van der Waals surface area contributed by atoms with E-state index < -0.39 is 11.9 Å². The second-order valence-electron chi connectivity index (χ2n) is 6.90. The van der Waals surface area contributed by atoms with Gasteiger partial charge in [0.15, 0.2) is 5.16 Å². The Hall–Kier alpha value is -2.78. The van der Waals surface area contributed by atoms with Crippen molar-refractivity contribution < 1.29 is 14.3 Å². The van der Waals surface area contributed by atoms with Crippen LogP contribution < -0.4 is 5.32 Å². The minimum atomic E-state index is -0.485. The highest BCUT2D eigenvalue weighted by Gasteiger charge is 2.22. The third-order valence-corrected chi connectivity index (χ3v) is 6.60. The largest absolute Gasteiger partial charge is 0.462 e. The molecule has 11 heteroatoms. The molecule has 0 fully saturated rings. The van der Waals surface area contributed by atoms with Crippen molar-refractivity contribution in [2.75, 3.05) is 11.9 Å². The number of nitrogens with zero attached hydrogens (tertiary/aromatic N) is 3. The number of hydrogen-bond acceptors (Lipinski definition) is 6. The Labute approximate surface area is 216 Å². The van der Waals surface area contributed by atoms with E-state index in [0.717, 1.165) is 0 Å². The van der Waals surface area contributed by atoms with Crippen LogP contribution in [0, 0.1) is 0 Å². The highest BCUT2D eigenvalue weighted by molar-refractivity contribution is 7.99. The van der Waals surface area contributed by atoms with Crippen LogP contribution in [0.1, 0.15) is 27.6 Å². The summed E-state index contributed by atoms with van der Waals surface area (Å²) in [6.45, 7) is 1.98. The average molecular weight is 538 g/mol. The van der Waals surface area contributed by atoms with Gasteiger partial charge in [0.2, 0.25) is 0 Å². The first kappa shape index (κ1) is 25.8. The SMILES string of the molecule is CCOC(=O)c1cnc2c(NC(=O)c3c(Cl)cccc3Cl)cccc2c1Sc1nccn1C.Cl. The van der Waals surface area contributed by atoms with Gasteiger partial charge in [-0.2, -0.15) is 0 Å². The molecule has 1 N–H and O–H groups in total. The summed E-state index contributed by atoms with van der Waals surface area (Å²) in [7, 11) is 1.86. The highest BCUT2D eigenvalue weighted by Crippen LogP contribution is 2.37. The number of fused-ring (bicyclic) bond motifs is 1. The van der Waals surface area contributed by atoms with Crippen LogP contribution in [0.4, 0.5) is 5.69 Å². The Morgan fingerprint density at radius 1 is 1.12 bits per heavy atom. The van der Waals surface area contributed by atoms with Crippen molar-refractivity contribution in [2.24, 2.45) is 7.05 Å². The molecule has 0 atom stereocenters. The molecule has 0 saturated heterocycles. The normalized spacial score (nSPS) is 10.6. The van der Waals surface area contributed by atoms with Gasteiger partial charge < -0.3 is 14.6 Å². The predicted molar refractivity (Wildman–Crippen MR) is 137 cm³/mol. The molecule has 2 aromatic heterocycles. The molecule has 0 radical (unpaired) electrons. The molecule has 0 aliphatic carbocycles. The van der Waals surface area contributed by atoms with Crippen LogP contribution in [0.3, 0.4) is 0 Å². The third kappa shape index (κ3) is 5.15. The fourth-order valence-corrected chi connectivity index (χ4v) is 4.80. The molecule has 2 heterocycles. The number of ether oxygens (including phenoxy) is 1. The second-order valence-corrected chi connectivity index (χ2v) is 8.69. The van der Waals surface area contributed by atoms with Crippen molar-refractivity contribution in [2.45, 2.75) is 17.0 Å². The van der Waals surface area contributed by atoms with Crippen molar-refractivity contribution in [3.63, 3.8) is 0 Å². The molecule has 0 bridgehead atoms. The van der Waals surface area contributed by atoms with Gasteiger partial charge in [-0.1, -0.05) is 41.4 Å². The van der Waals surface area contributed by atoms with Crippen LogP contribution in [-0.2, 0) is 11.8 Å². The molecule has 1 amide bonds. The zero-order chi connectivity index (χ0) is 23.5. The summed E-state index contributed by atoms with van der Waals surface area (Å²) >= 11 is 13.7. The first-order valence-corrected chi connectivity index (χ1v) is 11.5. The maximum Gasteiger partial charge on any atom is 0.340 e. The summed E-state index contributed by atoms with van der Waals surface area (Å²) in [4.78, 5) is 35.0. The Balaban J connectivity index is 0.00000324. The van der Waals surface area contributed by atoms with Gasteiger partial charge in [-0.25, -0.2) is 9.78 Å². The van der Waals surface area contributed by atoms with Gasteiger partial charge in [0.25, 0.3) is 5.91 Å². The summed E-state index contributed by atoms with van der Waals surface area (Å²) in [6.07, 6.45) is 4.94. The van der Waals surface area contributed by atoms with E-state index in [2.05, 4.69) is 15.3 Å². The average Bonchev–Trinajstić information content (AvgIpc) is 3.18. The minimum absolute atomic E-state index is 0. The molecule has 0 aliphatic heterocycles. The number of carbonyl (C=O) groups is 2. The number of imidazole rings is 1. The molecule has 0 spiro atoms. The monoisotopic (exact) mass is 536 g/mol. The smallest absolute Gasteiger partial charge is 0.340 e. The Kier molecular flexibility index (Phi) is 8.43. The van der Waals surface area contributed by atoms with E-state index in [4.69, 9.17) is 27.9 Å². The zero-order valence-electron chi connectivity index (χ0n) is 18.0. The van der Waals surface area contributed by atoms with Crippen molar-refractivity contribution in [3.05, 3.63) is 76.2 Å². The minimum Gasteiger partial charge on any atom is -0.462 e. The van der Waals surface area contributed by atoms with Crippen LogP contribution in [-0.4, -0.2) is 33.0 Å². The Morgan fingerprint density at radius 3 is 2.47 bits per heavy atom. The number of esters is 1. The number of hydrogen-bond donors (Lipinski definition) is 1. The molecule has 34 heavy (non-hydrogen) atoms. The molecule has 0 saturated carbocycles. The van der Waals surface area contributed by atoms with Crippen LogP contribution in [0.5, 0.6) is 0 Å². The number of benzene rings is 2. The number of aromatic nitrogens is 3. The fraction of sp³-hybridized carbons (Fsp3) is 0.130. The van der Waals surface area contributed by atoms with Gasteiger partial charge in [0, 0.05) is 35.9 Å². The fourth-order valence-electron chi connectivity index (χ4n) is 3.20. The first-order chi connectivity index (χ1) is 15.9. The topological polar surface area (TPSA) is 86.1 Å². The van der Waals surface area contributed by atoms with Gasteiger partial charge in [-0.3, -0.25) is 9.78 Å². The molecular weight excluding hydrogens is 519 g/mol. The molecule has 0 unspecified atom stereocenters. The van der Waals surface area contributed by atoms with E-state index in [1.807, 2.05) is 23.9 Å². The number of aryl methyl sites for hydroxylation is 1. The summed E-state index contributed by atoms with van der Waals surface area (Å²) in [5, 5.41) is 4.67. The van der Waals surface area contributed by atoms with E-state index in [-0.39, 0.29) is 34.6 Å². The molecule has 4 rings (SSSR count). The van der Waals surface area contributed by atoms with E-state index >= 15 is 0 Å². The highest BCUT2D eigenvalue weighted by atomic mass is 35.5. The number of anilines is 1. The van der Waals surface area contributed by atoms with Crippen molar-refractivity contribution >= 4 is 75.8 Å². The lowest BCUT2D eigenvalue weighted by Crippen LogP contribution is -2.14. The molecule has 7 nitrogen and oxygen atoms in total. The second kappa shape index (κ2) is 11.1. The lowest BCUT2D eigenvalue weighted by Gasteiger charge is -2.14. The first-order valence-electron chi connectivity index (χ1n) is 9.90. The van der Waals surface area contributed by atoms with Gasteiger partial charge >= 0.3 is 5.97 Å². The van der Waals surface area contributed by atoms with Gasteiger partial charge in [0.1, 0.15) is 0 Å². The zero-order valence-corrected chi connectivity index (χ0v) is 21.2. The summed E-state index contributed by atoms with van der Waals surface area (Å²) in [5.74, 6) is -0.950. The van der Waals surface area contributed by atoms with Crippen LogP contribution >= 0.6 is 47.4 Å². The maximum atomic E-state index is 12.9. The van der Waals surface area contributed by atoms with E-state index in [1.165, 1.54) is 18.0 Å². The van der Waals surface area contributed by atoms with Gasteiger partial charge in [0.05, 0.1) is 39.0 Å². The summed E-state index contributed by atoms with van der Waals surface area (Å²) in [6, 6.07) is 10.2. The number of carbonyl (C=O) groups excluding carboxylic acids is 2. The molecule has 0 aliphatic rings. The molecule has 176 valence electrons. The number of rotatable bonds is 6. The van der Waals surface area contributed by atoms with Gasteiger partial charge in [-0.15, -0.1) is 12.4 Å². The van der Waals surface area contributed by atoms with Crippen molar-refractivity contribution in [3.8, 4) is 0 Å². The number of nitrogens with one attached hydrogen (secondary N) is 1. The molecule has 2 aromatic carbocycles. The number of halogens is 3. The molecule has 4 aromatic rings. The lowest BCUT2D eigenvalue weighted by molar-refractivity contribution is 0.0522. The van der Waals surface area contributed by atoms with Crippen LogP contribution in [0.15, 0.2) is 65.0 Å². The third-order valence-electron chi connectivity index (χ3n) is 4.75. The van der Waals surface area contributed by atoms with Crippen LogP contribution in [0.25, 0.3) is 10.9 Å². The lowest BCUT2D eigenvalue weighted by atomic mass is 10.1. The molecular formula is C23H19Cl3N4O3S. The summed E-state index contributed by atoms with van der Waals surface area (Å²) < 4.78 is 7.07. The van der Waals surface area contributed by atoms with E-state index in [1.54, 1.807) is 43.5 Å². The summed E-state index contributed by atoms with van der Waals surface area (Å²) in [5.41, 5.74) is 1.43. The van der Waals surface area contributed by atoms with E-state index in [0.29, 0.717) is 32.2 Å². The quantitative estimate of drug-likeness (QED) is 0.291. The Bertz CT molecular complexity index is 1360. The number of para-hydroxylation sites is 1. The number of pyridine rings is 1. The van der Waals surface area contributed by atoms with Gasteiger partial charge in [-0.05, 0) is 36.9 Å². The van der Waals surface area contributed by atoms with E-state index in [9.17, 15) is 9.59 Å². The number of amides is 1. The van der Waals surface area contributed by atoms with Crippen LogP contribution in [0.2, 0.25) is 10.0 Å². The van der Waals surface area contributed by atoms with Crippen molar-refractivity contribution in [1.82, 2.24) is 14.5 Å². The Morgan fingerprint density at radius 2 is 1.82 bits per heavy atom. The predicted octanol–water partition coefficient (Wildman–Crippen LogP) is 6.28.